The fourth-order valence-corrected chi connectivity index (χ4v) is 5.33. The molecular formula is C36H54O3S. The number of ether oxygens (including phenoxy) is 2. The summed E-state index contributed by atoms with van der Waals surface area (Å²) in [4.78, 5) is 14.0. The van der Waals surface area contributed by atoms with Gasteiger partial charge in [-0.1, -0.05) is 104 Å². The lowest BCUT2D eigenvalue weighted by atomic mass is 10.1. The molecule has 0 atom stereocenters. The zero-order chi connectivity index (χ0) is 28.7. The highest BCUT2D eigenvalue weighted by Crippen LogP contribution is 2.25. The third kappa shape index (κ3) is 15.6. The van der Waals surface area contributed by atoms with Gasteiger partial charge in [-0.3, -0.25) is 4.79 Å². The van der Waals surface area contributed by atoms with Crippen molar-refractivity contribution in [1.82, 2.24) is 0 Å². The lowest BCUT2D eigenvalue weighted by Gasteiger charge is -2.12. The minimum atomic E-state index is 0.00646. The summed E-state index contributed by atoms with van der Waals surface area (Å²) in [5.74, 6) is 2.72. The molecule has 0 saturated heterocycles. The SMILES string of the molecule is CCCCCCCCCOc1cc(C=CC(=O)c2ccc(SCCC)cc2)cc(OCCCCCCCCC)c1. The molecule has 2 aromatic rings. The fraction of sp³-hybridized carbons (Fsp3) is 0.583. The third-order valence-electron chi connectivity index (χ3n) is 6.97. The monoisotopic (exact) mass is 566 g/mol. The van der Waals surface area contributed by atoms with E-state index in [1.165, 1.54) is 81.9 Å². The maximum atomic E-state index is 12.8. The maximum Gasteiger partial charge on any atom is 0.185 e. The summed E-state index contributed by atoms with van der Waals surface area (Å²) in [6.45, 7) is 8.10. The first-order valence-corrected chi connectivity index (χ1v) is 17.0. The van der Waals surface area contributed by atoms with Gasteiger partial charge < -0.3 is 9.47 Å². The molecule has 0 amide bonds. The van der Waals surface area contributed by atoms with Crippen molar-refractivity contribution >= 4 is 23.6 Å². The van der Waals surface area contributed by atoms with E-state index < -0.39 is 0 Å². The summed E-state index contributed by atoms with van der Waals surface area (Å²) in [7, 11) is 0. The van der Waals surface area contributed by atoms with Gasteiger partial charge in [0.05, 0.1) is 13.2 Å². The summed E-state index contributed by atoms with van der Waals surface area (Å²) >= 11 is 1.82. The number of thioether (sulfide) groups is 1. The van der Waals surface area contributed by atoms with Crippen LogP contribution in [-0.2, 0) is 0 Å². The van der Waals surface area contributed by atoms with Crippen LogP contribution in [0.1, 0.15) is 133 Å². The summed E-state index contributed by atoms with van der Waals surface area (Å²) in [5.41, 5.74) is 1.63. The van der Waals surface area contributed by atoms with Crippen LogP contribution in [0.4, 0.5) is 0 Å². The van der Waals surface area contributed by atoms with E-state index in [1.807, 2.05) is 60.3 Å². The van der Waals surface area contributed by atoms with Gasteiger partial charge in [-0.05, 0) is 73.1 Å². The number of carbonyl (C=O) groups is 1. The summed E-state index contributed by atoms with van der Waals surface area (Å²) in [5, 5.41) is 0. The zero-order valence-electron chi connectivity index (χ0n) is 25.6. The second kappa shape index (κ2) is 22.5. The Hall–Kier alpha value is -2.20. The van der Waals surface area contributed by atoms with E-state index in [1.54, 1.807) is 6.08 Å². The van der Waals surface area contributed by atoms with Crippen molar-refractivity contribution in [2.75, 3.05) is 19.0 Å². The Balaban J connectivity index is 1.94. The number of allylic oxidation sites excluding steroid dienone is 1. The Kier molecular flexibility index (Phi) is 19.1. The molecule has 2 rings (SSSR count). The molecule has 0 bridgehead atoms. The van der Waals surface area contributed by atoms with Crippen molar-refractivity contribution in [3.63, 3.8) is 0 Å². The lowest BCUT2D eigenvalue weighted by molar-refractivity contribution is 0.104. The molecule has 0 aliphatic heterocycles. The Bertz CT molecular complexity index is 913. The summed E-state index contributed by atoms with van der Waals surface area (Å²) in [6.07, 6.45) is 22.3. The van der Waals surface area contributed by atoms with Gasteiger partial charge in [-0.25, -0.2) is 0 Å². The van der Waals surface area contributed by atoms with Crippen molar-refractivity contribution in [3.8, 4) is 11.5 Å². The van der Waals surface area contributed by atoms with Crippen molar-refractivity contribution in [2.45, 2.75) is 122 Å². The molecule has 0 N–H and O–H groups in total. The van der Waals surface area contributed by atoms with Crippen molar-refractivity contribution in [1.29, 1.82) is 0 Å². The van der Waals surface area contributed by atoms with E-state index in [0.29, 0.717) is 18.8 Å². The van der Waals surface area contributed by atoms with E-state index in [0.717, 1.165) is 42.1 Å². The van der Waals surface area contributed by atoms with Crippen LogP contribution in [0.3, 0.4) is 0 Å². The minimum Gasteiger partial charge on any atom is -0.493 e. The predicted molar refractivity (Wildman–Crippen MR) is 174 cm³/mol. The predicted octanol–water partition coefficient (Wildman–Crippen LogP) is 11.3. The largest absolute Gasteiger partial charge is 0.493 e. The molecule has 0 spiro atoms. The zero-order valence-corrected chi connectivity index (χ0v) is 26.4. The maximum absolute atomic E-state index is 12.8. The van der Waals surface area contributed by atoms with Gasteiger partial charge in [0.15, 0.2) is 5.78 Å². The van der Waals surface area contributed by atoms with Crippen LogP contribution in [0.2, 0.25) is 0 Å². The molecule has 4 heteroatoms. The molecule has 0 heterocycles. The smallest absolute Gasteiger partial charge is 0.185 e. The van der Waals surface area contributed by atoms with E-state index in [9.17, 15) is 4.79 Å². The number of unbranched alkanes of at least 4 members (excludes halogenated alkanes) is 12. The molecule has 0 aliphatic carbocycles. The first-order valence-electron chi connectivity index (χ1n) is 16.0. The number of hydrogen-bond donors (Lipinski definition) is 0. The average molecular weight is 567 g/mol. The fourth-order valence-electron chi connectivity index (χ4n) is 4.56. The van der Waals surface area contributed by atoms with Crippen LogP contribution in [0.5, 0.6) is 11.5 Å². The van der Waals surface area contributed by atoms with E-state index in [4.69, 9.17) is 9.47 Å². The molecular weight excluding hydrogens is 512 g/mol. The summed E-state index contributed by atoms with van der Waals surface area (Å²) in [6, 6.07) is 13.9. The van der Waals surface area contributed by atoms with Crippen LogP contribution in [0, 0.1) is 0 Å². The van der Waals surface area contributed by atoms with Gasteiger partial charge in [-0.2, -0.15) is 0 Å². The van der Waals surface area contributed by atoms with E-state index >= 15 is 0 Å². The highest BCUT2D eigenvalue weighted by Gasteiger charge is 2.06. The Morgan fingerprint density at radius 2 is 1.15 bits per heavy atom. The van der Waals surface area contributed by atoms with Crippen LogP contribution >= 0.6 is 11.8 Å². The molecule has 0 aromatic heterocycles. The van der Waals surface area contributed by atoms with Gasteiger partial charge in [0.25, 0.3) is 0 Å². The standard InChI is InChI=1S/C36H54O3S/c1-4-7-9-11-13-15-17-25-38-33-28-31(29-34(30-33)39-26-18-16-14-12-10-8-5-2)19-24-36(37)32-20-22-35(23-21-32)40-27-6-3/h19-24,28-30H,4-18,25-27H2,1-3H3. The molecule has 222 valence electrons. The number of carbonyl (C=O) groups excluding carboxylic acids is 1. The Morgan fingerprint density at radius 3 is 1.65 bits per heavy atom. The molecule has 0 saturated carbocycles. The van der Waals surface area contributed by atoms with Crippen LogP contribution in [0.25, 0.3) is 6.08 Å². The molecule has 0 unspecified atom stereocenters. The Labute approximate surface area is 249 Å². The number of ketones is 1. The first kappa shape index (κ1) is 34.0. The van der Waals surface area contributed by atoms with Gasteiger partial charge in [-0.15, -0.1) is 11.8 Å². The second-order valence-corrected chi connectivity index (χ2v) is 11.9. The molecule has 0 radical (unpaired) electrons. The van der Waals surface area contributed by atoms with Gasteiger partial charge in [0, 0.05) is 16.5 Å². The Morgan fingerprint density at radius 1 is 0.650 bits per heavy atom. The minimum absolute atomic E-state index is 0.00646. The quantitative estimate of drug-likeness (QED) is 0.0548. The molecule has 2 aromatic carbocycles. The lowest BCUT2D eigenvalue weighted by Crippen LogP contribution is -2.01. The van der Waals surface area contributed by atoms with Crippen LogP contribution in [-0.4, -0.2) is 24.7 Å². The molecule has 3 nitrogen and oxygen atoms in total. The number of benzene rings is 2. The van der Waals surface area contributed by atoms with Crippen molar-refractivity contribution in [2.24, 2.45) is 0 Å². The van der Waals surface area contributed by atoms with Gasteiger partial charge >= 0.3 is 0 Å². The highest BCUT2D eigenvalue weighted by atomic mass is 32.2. The molecule has 40 heavy (non-hydrogen) atoms. The molecule has 0 fully saturated rings. The highest BCUT2D eigenvalue weighted by molar-refractivity contribution is 7.99. The van der Waals surface area contributed by atoms with Crippen LogP contribution in [0.15, 0.2) is 53.4 Å². The van der Waals surface area contributed by atoms with E-state index in [-0.39, 0.29) is 5.78 Å². The molecule has 0 aliphatic rings. The van der Waals surface area contributed by atoms with Crippen molar-refractivity contribution < 1.29 is 14.3 Å². The van der Waals surface area contributed by atoms with Gasteiger partial charge in [0.2, 0.25) is 0 Å². The van der Waals surface area contributed by atoms with E-state index in [2.05, 4.69) is 20.8 Å². The normalized spacial score (nSPS) is 11.3. The first-order chi connectivity index (χ1) is 19.7. The number of hydrogen-bond acceptors (Lipinski definition) is 4. The average Bonchev–Trinajstić information content (AvgIpc) is 2.98. The number of rotatable bonds is 24. The van der Waals surface area contributed by atoms with Crippen LogP contribution < -0.4 is 9.47 Å². The topological polar surface area (TPSA) is 35.5 Å². The second-order valence-electron chi connectivity index (χ2n) is 10.7. The van der Waals surface area contributed by atoms with Crippen molar-refractivity contribution in [3.05, 3.63) is 59.7 Å². The third-order valence-corrected chi connectivity index (χ3v) is 8.19. The van der Waals surface area contributed by atoms with Gasteiger partial charge in [0.1, 0.15) is 11.5 Å². The summed E-state index contributed by atoms with van der Waals surface area (Å²) < 4.78 is 12.3.